The van der Waals surface area contributed by atoms with Crippen molar-refractivity contribution in [2.45, 2.75) is 90.3 Å². The van der Waals surface area contributed by atoms with E-state index >= 15 is 4.39 Å². The van der Waals surface area contributed by atoms with Crippen LogP contribution in [0.1, 0.15) is 82.3 Å². The smallest absolute Gasteiger partial charge is 0.164 e. The molecule has 7 rings (SSSR count). The van der Waals surface area contributed by atoms with E-state index in [2.05, 4.69) is 6.92 Å². The molecule has 0 unspecified atom stereocenters. The lowest BCUT2D eigenvalue weighted by Gasteiger charge is -2.64. The Labute approximate surface area is 171 Å². The lowest BCUT2D eigenvalue weighted by Crippen LogP contribution is -2.57. The predicted molar refractivity (Wildman–Crippen MR) is 107 cm³/mol. The topological polar surface area (TPSA) is 9.23 Å². The van der Waals surface area contributed by atoms with Gasteiger partial charge < -0.3 is 4.74 Å². The zero-order chi connectivity index (χ0) is 20.5. The van der Waals surface area contributed by atoms with Crippen molar-refractivity contribution in [3.63, 3.8) is 0 Å². The van der Waals surface area contributed by atoms with Crippen molar-refractivity contribution in [1.29, 1.82) is 0 Å². The molecule has 0 saturated heterocycles. The Morgan fingerprint density at radius 2 is 1.45 bits per heavy atom. The van der Waals surface area contributed by atoms with Crippen molar-refractivity contribution in [2.24, 2.45) is 16.2 Å². The predicted octanol–water partition coefficient (Wildman–Crippen LogP) is 7.32. The molecule has 0 aromatic heterocycles. The summed E-state index contributed by atoms with van der Waals surface area (Å²) in [6.45, 7) is 3.91. The molecule has 0 amide bonds. The van der Waals surface area contributed by atoms with Crippen molar-refractivity contribution in [3.05, 3.63) is 46.8 Å². The van der Waals surface area contributed by atoms with Gasteiger partial charge in [-0.15, -0.1) is 0 Å². The summed E-state index contributed by atoms with van der Waals surface area (Å²) in [7, 11) is 0. The van der Waals surface area contributed by atoms with E-state index in [0.717, 1.165) is 44.9 Å². The second-order valence-corrected chi connectivity index (χ2v) is 10.7. The quantitative estimate of drug-likeness (QED) is 0.511. The van der Waals surface area contributed by atoms with Crippen molar-refractivity contribution in [1.82, 2.24) is 0 Å². The average Bonchev–Trinajstić information content (AvgIpc) is 2.73. The van der Waals surface area contributed by atoms with Crippen LogP contribution < -0.4 is 0 Å². The van der Waals surface area contributed by atoms with Crippen molar-refractivity contribution in [2.75, 3.05) is 0 Å². The Morgan fingerprint density at radius 3 is 2.03 bits per heavy atom. The lowest BCUT2D eigenvalue weighted by atomic mass is 9.41. The second kappa shape index (κ2) is 6.35. The fourth-order valence-electron chi connectivity index (χ4n) is 6.93. The maximum Gasteiger partial charge on any atom is 0.164 e. The van der Waals surface area contributed by atoms with Gasteiger partial charge in [0.15, 0.2) is 11.6 Å². The Kier molecular flexibility index (Phi) is 4.31. The Balaban J connectivity index is 1.37. The highest BCUT2D eigenvalue weighted by Crippen LogP contribution is 2.71. The van der Waals surface area contributed by atoms with Gasteiger partial charge in [0.2, 0.25) is 0 Å². The molecule has 4 saturated carbocycles. The van der Waals surface area contributed by atoms with E-state index in [1.165, 1.54) is 19.3 Å². The molecule has 0 N–H and O–H groups in total. The average molecular weight is 405 g/mol. The van der Waals surface area contributed by atoms with Gasteiger partial charge in [0.1, 0.15) is 5.83 Å². The molecule has 0 heterocycles. The number of benzene rings is 1. The van der Waals surface area contributed by atoms with Crippen LogP contribution in [0.3, 0.4) is 0 Å². The molecule has 4 fully saturated rings. The molecule has 1 nitrogen and oxygen atoms in total. The molecular formula is C25H31F3O. The minimum atomic E-state index is -0.849. The lowest BCUT2D eigenvalue weighted by molar-refractivity contribution is -0.151. The van der Waals surface area contributed by atoms with Crippen LogP contribution in [-0.2, 0) is 11.3 Å². The molecule has 1 aromatic rings. The van der Waals surface area contributed by atoms with E-state index in [1.54, 1.807) is 25.1 Å². The SMILES string of the molecule is Cc1ccc(COC23C=C(F)C(C45CCC(C)(CC4)CC5)(CC2)CC3)c(F)c1F. The third-order valence-electron chi connectivity index (χ3n) is 9.30. The fraction of sp³-hybridized carbons (Fsp3) is 0.680. The third kappa shape index (κ3) is 2.77. The summed E-state index contributed by atoms with van der Waals surface area (Å²) in [5.74, 6) is -1.66. The first kappa shape index (κ1) is 19.7. The second-order valence-electron chi connectivity index (χ2n) is 10.7. The van der Waals surface area contributed by atoms with Crippen molar-refractivity contribution in [3.8, 4) is 0 Å². The van der Waals surface area contributed by atoms with Gasteiger partial charge in [0.05, 0.1) is 12.2 Å². The molecule has 6 aliphatic carbocycles. The summed E-state index contributed by atoms with van der Waals surface area (Å²) in [6, 6.07) is 3.14. The minimum absolute atomic E-state index is 0.0102. The van der Waals surface area contributed by atoms with Crippen LogP contribution in [0, 0.1) is 34.8 Å². The van der Waals surface area contributed by atoms with Crippen LogP contribution in [0.25, 0.3) is 0 Å². The number of hydrogen-bond donors (Lipinski definition) is 0. The van der Waals surface area contributed by atoms with E-state index < -0.39 is 17.2 Å². The molecule has 6 aliphatic rings. The van der Waals surface area contributed by atoms with Gasteiger partial charge in [0.25, 0.3) is 0 Å². The third-order valence-corrected chi connectivity index (χ3v) is 9.30. The number of fused-ring (bicyclic) bond motifs is 5. The molecule has 0 atom stereocenters. The van der Waals surface area contributed by atoms with E-state index in [9.17, 15) is 8.78 Å². The molecule has 0 aliphatic heterocycles. The Hall–Kier alpha value is -1.29. The monoisotopic (exact) mass is 404 g/mol. The van der Waals surface area contributed by atoms with E-state index in [4.69, 9.17) is 4.74 Å². The molecule has 1 aromatic carbocycles. The van der Waals surface area contributed by atoms with Crippen molar-refractivity contribution < 1.29 is 17.9 Å². The van der Waals surface area contributed by atoms with Gasteiger partial charge in [-0.3, -0.25) is 0 Å². The summed E-state index contributed by atoms with van der Waals surface area (Å²) in [5.41, 5.74) is 0.0866. The number of allylic oxidation sites excluding steroid dienone is 1. The molecule has 4 heteroatoms. The van der Waals surface area contributed by atoms with Crippen LogP contribution in [0.15, 0.2) is 24.0 Å². The molecule has 4 bridgehead atoms. The first-order chi connectivity index (χ1) is 13.7. The van der Waals surface area contributed by atoms with Crippen LogP contribution in [-0.4, -0.2) is 5.60 Å². The van der Waals surface area contributed by atoms with Gasteiger partial charge in [-0.1, -0.05) is 19.1 Å². The Bertz CT molecular complexity index is 839. The van der Waals surface area contributed by atoms with Gasteiger partial charge in [0, 0.05) is 11.0 Å². The number of aryl methyl sites for hydroxylation is 1. The van der Waals surface area contributed by atoms with Gasteiger partial charge in [-0.05, 0) is 93.6 Å². The van der Waals surface area contributed by atoms with Crippen LogP contribution in [0.2, 0.25) is 0 Å². The van der Waals surface area contributed by atoms with E-state index in [1.807, 2.05) is 0 Å². The number of ether oxygens (including phenoxy) is 1. The molecule has 29 heavy (non-hydrogen) atoms. The molecule has 0 spiro atoms. The van der Waals surface area contributed by atoms with E-state index in [0.29, 0.717) is 5.41 Å². The summed E-state index contributed by atoms with van der Waals surface area (Å²) < 4.78 is 49.9. The standard InChI is InChI=1S/C25H31F3O/c1-17-3-4-18(21(28)20(17)27)16-29-24-11-13-25(14-12-24,19(26)15-24)23-8-5-22(2,6-9-23)7-10-23/h3-4,15H,5-14,16H2,1-2H3. The number of rotatable bonds is 4. The summed E-state index contributed by atoms with van der Waals surface area (Å²) in [4.78, 5) is 0. The first-order valence-corrected chi connectivity index (χ1v) is 11.2. The maximum absolute atomic E-state index is 15.7. The maximum atomic E-state index is 15.7. The zero-order valence-electron chi connectivity index (χ0n) is 17.6. The number of halogens is 3. The Morgan fingerprint density at radius 1 is 0.828 bits per heavy atom. The van der Waals surface area contributed by atoms with Gasteiger partial charge in [-0.25, -0.2) is 13.2 Å². The van der Waals surface area contributed by atoms with Gasteiger partial charge >= 0.3 is 0 Å². The zero-order valence-corrected chi connectivity index (χ0v) is 17.6. The molecule has 158 valence electrons. The largest absolute Gasteiger partial charge is 0.366 e. The normalized spacial score (nSPS) is 40.9. The highest BCUT2D eigenvalue weighted by atomic mass is 19.2. The van der Waals surface area contributed by atoms with Crippen molar-refractivity contribution >= 4 is 0 Å². The van der Waals surface area contributed by atoms with E-state index in [-0.39, 0.29) is 34.4 Å². The first-order valence-electron chi connectivity index (χ1n) is 11.2. The summed E-state index contributed by atoms with van der Waals surface area (Å²) >= 11 is 0. The molecule has 0 radical (unpaired) electrons. The minimum Gasteiger partial charge on any atom is -0.366 e. The number of hydrogen-bond acceptors (Lipinski definition) is 1. The molecular weight excluding hydrogens is 373 g/mol. The van der Waals surface area contributed by atoms with Crippen LogP contribution in [0.4, 0.5) is 13.2 Å². The van der Waals surface area contributed by atoms with Gasteiger partial charge in [-0.2, -0.15) is 0 Å². The van der Waals surface area contributed by atoms with Crippen LogP contribution in [0.5, 0.6) is 0 Å². The summed E-state index contributed by atoms with van der Waals surface area (Å²) in [5, 5.41) is 0. The fourth-order valence-corrected chi connectivity index (χ4v) is 6.93. The van der Waals surface area contributed by atoms with Crippen LogP contribution >= 0.6 is 0 Å². The summed E-state index contributed by atoms with van der Waals surface area (Å²) in [6.07, 6.45) is 12.0. The highest BCUT2D eigenvalue weighted by molar-refractivity contribution is 5.30. The highest BCUT2D eigenvalue weighted by Gasteiger charge is 2.63.